The molecule has 0 amide bonds. The zero-order chi connectivity index (χ0) is 11.1. The first-order chi connectivity index (χ1) is 6.52. The molecule has 1 nitrogen and oxygen atoms in total. The van der Waals surface area contributed by atoms with Crippen molar-refractivity contribution in [2.24, 2.45) is 29.4 Å². The van der Waals surface area contributed by atoms with E-state index < -0.39 is 0 Å². The Kier molecular flexibility index (Phi) is 7.26. The van der Waals surface area contributed by atoms with Gasteiger partial charge in [0.1, 0.15) is 0 Å². The predicted octanol–water partition coefficient (Wildman–Crippen LogP) is 3.68. The first-order valence-corrected chi connectivity index (χ1v) is 6.22. The van der Waals surface area contributed by atoms with Crippen molar-refractivity contribution < 1.29 is 0 Å². The van der Waals surface area contributed by atoms with E-state index in [1.54, 1.807) is 0 Å². The van der Waals surface area contributed by atoms with E-state index in [2.05, 4.69) is 34.6 Å². The van der Waals surface area contributed by atoms with Gasteiger partial charge < -0.3 is 5.73 Å². The van der Waals surface area contributed by atoms with Crippen LogP contribution in [0.4, 0.5) is 0 Å². The molecule has 0 saturated carbocycles. The summed E-state index contributed by atoms with van der Waals surface area (Å²) in [5.74, 6) is 3.33. The molecular formula is C13H29N. The van der Waals surface area contributed by atoms with Crippen LogP contribution in [0.25, 0.3) is 0 Å². The highest BCUT2D eigenvalue weighted by Crippen LogP contribution is 2.28. The predicted molar refractivity (Wildman–Crippen MR) is 65.2 cm³/mol. The monoisotopic (exact) mass is 199 g/mol. The minimum Gasteiger partial charge on any atom is -0.330 e. The van der Waals surface area contributed by atoms with Crippen LogP contribution in [0.5, 0.6) is 0 Å². The van der Waals surface area contributed by atoms with Gasteiger partial charge in [0, 0.05) is 0 Å². The van der Waals surface area contributed by atoms with Crippen LogP contribution in [-0.4, -0.2) is 6.54 Å². The maximum absolute atomic E-state index is 5.59. The maximum Gasteiger partial charge on any atom is -0.00746 e. The van der Waals surface area contributed by atoms with Crippen molar-refractivity contribution in [2.45, 2.75) is 53.9 Å². The maximum atomic E-state index is 5.59. The average molecular weight is 199 g/mol. The molecule has 3 atom stereocenters. The molecule has 1 heteroatoms. The van der Waals surface area contributed by atoms with Gasteiger partial charge in [-0.25, -0.2) is 0 Å². The van der Waals surface area contributed by atoms with Crippen molar-refractivity contribution in [3.63, 3.8) is 0 Å². The van der Waals surface area contributed by atoms with Gasteiger partial charge in [0.05, 0.1) is 0 Å². The van der Waals surface area contributed by atoms with Gasteiger partial charge in [-0.3, -0.25) is 0 Å². The molecule has 0 radical (unpaired) electrons. The molecule has 0 aliphatic rings. The van der Waals surface area contributed by atoms with Gasteiger partial charge in [-0.1, -0.05) is 41.0 Å². The van der Waals surface area contributed by atoms with E-state index in [0.29, 0.717) is 0 Å². The molecule has 2 N–H and O–H groups in total. The smallest absolute Gasteiger partial charge is 0.00746 e. The van der Waals surface area contributed by atoms with Crippen molar-refractivity contribution in [1.29, 1.82) is 0 Å². The van der Waals surface area contributed by atoms with Gasteiger partial charge in [0.2, 0.25) is 0 Å². The summed E-state index contributed by atoms with van der Waals surface area (Å²) < 4.78 is 0. The summed E-state index contributed by atoms with van der Waals surface area (Å²) in [6.07, 6.45) is 3.86. The minimum absolute atomic E-state index is 0.785. The Morgan fingerprint density at radius 1 is 1.00 bits per heavy atom. The summed E-state index contributed by atoms with van der Waals surface area (Å²) >= 11 is 0. The highest BCUT2D eigenvalue weighted by atomic mass is 14.5. The van der Waals surface area contributed by atoms with Crippen molar-refractivity contribution in [2.75, 3.05) is 6.54 Å². The Morgan fingerprint density at radius 3 is 1.93 bits per heavy atom. The summed E-state index contributed by atoms with van der Waals surface area (Å²) in [6, 6.07) is 0. The van der Waals surface area contributed by atoms with Crippen molar-refractivity contribution in [3.8, 4) is 0 Å². The molecule has 0 rings (SSSR count). The number of hydrogen-bond acceptors (Lipinski definition) is 1. The lowest BCUT2D eigenvalue weighted by atomic mass is 9.80. The zero-order valence-electron chi connectivity index (χ0n) is 10.7. The molecule has 0 aliphatic heterocycles. The van der Waals surface area contributed by atoms with E-state index in [4.69, 9.17) is 5.73 Å². The fraction of sp³-hybridized carbons (Fsp3) is 1.00. The van der Waals surface area contributed by atoms with Crippen LogP contribution in [0.3, 0.4) is 0 Å². The van der Waals surface area contributed by atoms with Gasteiger partial charge in [-0.2, -0.15) is 0 Å². The number of nitrogens with two attached hydrogens (primary N) is 1. The van der Waals surface area contributed by atoms with Gasteiger partial charge in [0.25, 0.3) is 0 Å². The Morgan fingerprint density at radius 2 is 1.57 bits per heavy atom. The van der Waals surface area contributed by atoms with Crippen LogP contribution in [0, 0.1) is 23.7 Å². The van der Waals surface area contributed by atoms with Crippen molar-refractivity contribution in [3.05, 3.63) is 0 Å². The Labute approximate surface area is 90.5 Å². The zero-order valence-corrected chi connectivity index (χ0v) is 10.7. The summed E-state index contributed by atoms with van der Waals surface area (Å²) in [4.78, 5) is 0. The van der Waals surface area contributed by atoms with Crippen LogP contribution in [0.15, 0.2) is 0 Å². The van der Waals surface area contributed by atoms with E-state index in [0.717, 1.165) is 30.2 Å². The van der Waals surface area contributed by atoms with Crippen LogP contribution in [-0.2, 0) is 0 Å². The van der Waals surface area contributed by atoms with Gasteiger partial charge in [-0.15, -0.1) is 0 Å². The van der Waals surface area contributed by atoms with Crippen LogP contribution in [0.1, 0.15) is 53.9 Å². The van der Waals surface area contributed by atoms with E-state index in [-0.39, 0.29) is 0 Å². The molecule has 0 heterocycles. The molecule has 86 valence electrons. The van der Waals surface area contributed by atoms with E-state index in [1.165, 1.54) is 19.3 Å². The van der Waals surface area contributed by atoms with E-state index >= 15 is 0 Å². The van der Waals surface area contributed by atoms with Gasteiger partial charge in [0.15, 0.2) is 0 Å². The summed E-state index contributed by atoms with van der Waals surface area (Å²) in [5.41, 5.74) is 5.59. The second-order valence-electron chi connectivity index (χ2n) is 5.18. The van der Waals surface area contributed by atoms with Crippen molar-refractivity contribution in [1.82, 2.24) is 0 Å². The molecule has 0 saturated heterocycles. The molecule has 0 fully saturated rings. The van der Waals surface area contributed by atoms with Crippen LogP contribution < -0.4 is 5.73 Å². The second-order valence-corrected chi connectivity index (χ2v) is 5.18. The summed E-state index contributed by atoms with van der Waals surface area (Å²) in [6.45, 7) is 12.5. The van der Waals surface area contributed by atoms with Crippen LogP contribution in [0.2, 0.25) is 0 Å². The standard InChI is InChI=1S/C13H29N/c1-6-13(10(2)3)9-12(5)11(4)7-8-14/h10-13H,6-9,14H2,1-5H3. The minimum atomic E-state index is 0.785. The molecule has 0 aromatic rings. The second kappa shape index (κ2) is 7.28. The lowest BCUT2D eigenvalue weighted by Gasteiger charge is -2.26. The van der Waals surface area contributed by atoms with Gasteiger partial charge >= 0.3 is 0 Å². The van der Waals surface area contributed by atoms with Gasteiger partial charge in [-0.05, 0) is 43.1 Å². The Bertz CT molecular complexity index is 131. The largest absolute Gasteiger partial charge is 0.330 e. The molecule has 0 spiro atoms. The fourth-order valence-corrected chi connectivity index (χ4v) is 2.17. The average Bonchev–Trinajstić information content (AvgIpc) is 2.13. The summed E-state index contributed by atoms with van der Waals surface area (Å²) in [7, 11) is 0. The normalized spacial score (nSPS) is 18.2. The molecule has 0 aromatic heterocycles. The van der Waals surface area contributed by atoms with E-state index in [1.807, 2.05) is 0 Å². The first-order valence-electron chi connectivity index (χ1n) is 6.22. The Balaban J connectivity index is 3.94. The summed E-state index contributed by atoms with van der Waals surface area (Å²) in [5, 5.41) is 0. The number of rotatable bonds is 7. The first kappa shape index (κ1) is 14.0. The van der Waals surface area contributed by atoms with Crippen molar-refractivity contribution >= 4 is 0 Å². The molecule has 0 aliphatic carbocycles. The third kappa shape index (κ3) is 4.99. The topological polar surface area (TPSA) is 26.0 Å². The SMILES string of the molecule is CCC(CC(C)C(C)CCN)C(C)C. The lowest BCUT2D eigenvalue weighted by Crippen LogP contribution is -2.18. The highest BCUT2D eigenvalue weighted by Gasteiger charge is 2.18. The van der Waals surface area contributed by atoms with Crippen LogP contribution >= 0.6 is 0 Å². The Hall–Kier alpha value is -0.0400. The molecule has 0 aromatic carbocycles. The molecule has 3 unspecified atom stereocenters. The third-order valence-electron chi connectivity index (χ3n) is 3.74. The number of hydrogen-bond donors (Lipinski definition) is 1. The highest BCUT2D eigenvalue weighted by molar-refractivity contribution is 4.69. The third-order valence-corrected chi connectivity index (χ3v) is 3.74. The quantitative estimate of drug-likeness (QED) is 0.665. The molecular weight excluding hydrogens is 170 g/mol. The molecule has 0 bridgehead atoms. The van der Waals surface area contributed by atoms with E-state index in [9.17, 15) is 0 Å². The molecule has 14 heavy (non-hydrogen) atoms. The lowest BCUT2D eigenvalue weighted by molar-refractivity contribution is 0.245. The fourth-order valence-electron chi connectivity index (χ4n) is 2.17.